The van der Waals surface area contributed by atoms with Crippen molar-refractivity contribution in [1.29, 1.82) is 0 Å². The molecule has 0 unspecified atom stereocenters. The monoisotopic (exact) mass is 279 g/mol. The van der Waals surface area contributed by atoms with Crippen molar-refractivity contribution in [3.05, 3.63) is 23.8 Å². The molecule has 6 nitrogen and oxygen atoms in total. The van der Waals surface area contributed by atoms with Gasteiger partial charge in [-0.2, -0.15) is 0 Å². The number of primary amides is 1. The number of ether oxygens (including phenoxy) is 1. The number of benzene rings is 1. The zero-order valence-electron chi connectivity index (χ0n) is 12.0. The van der Waals surface area contributed by atoms with Crippen molar-refractivity contribution in [2.45, 2.75) is 20.8 Å². The lowest BCUT2D eigenvalue weighted by molar-refractivity contribution is -0.125. The lowest BCUT2D eigenvalue weighted by Crippen LogP contribution is -2.42. The summed E-state index contributed by atoms with van der Waals surface area (Å²) in [6.45, 7) is 5.68. The molecule has 0 heterocycles. The van der Waals surface area contributed by atoms with Gasteiger partial charge in [0.15, 0.2) is 5.75 Å². The van der Waals surface area contributed by atoms with Crippen LogP contribution in [0.4, 0.5) is 5.69 Å². The van der Waals surface area contributed by atoms with E-state index in [4.69, 9.17) is 16.2 Å². The Kier molecular flexibility index (Phi) is 4.96. The molecule has 0 fully saturated rings. The van der Waals surface area contributed by atoms with E-state index in [2.05, 4.69) is 5.32 Å². The summed E-state index contributed by atoms with van der Waals surface area (Å²) in [5.41, 5.74) is 11.0. The minimum atomic E-state index is -0.818. The highest BCUT2D eigenvalue weighted by atomic mass is 16.5. The molecule has 0 aliphatic rings. The van der Waals surface area contributed by atoms with Crippen LogP contribution in [-0.2, 0) is 4.79 Å². The Morgan fingerprint density at radius 3 is 2.55 bits per heavy atom. The topological polar surface area (TPSA) is 107 Å². The van der Waals surface area contributed by atoms with Gasteiger partial charge in [0.2, 0.25) is 5.91 Å². The van der Waals surface area contributed by atoms with E-state index in [-0.39, 0.29) is 12.5 Å². The summed E-state index contributed by atoms with van der Waals surface area (Å²) in [7, 11) is 0. The molecule has 1 aromatic rings. The molecule has 1 rings (SSSR count). The van der Waals surface area contributed by atoms with Crippen molar-refractivity contribution in [3.8, 4) is 5.75 Å². The second-order valence-corrected chi connectivity index (χ2v) is 5.09. The lowest BCUT2D eigenvalue weighted by Gasteiger charge is -2.21. The minimum Gasteiger partial charge on any atom is -0.491 e. The number of amides is 2. The molecule has 0 saturated heterocycles. The van der Waals surface area contributed by atoms with Crippen LogP contribution in [0.25, 0.3) is 0 Å². The standard InChI is InChI=1S/C14H21N3O3/c1-4-20-11-9(6-5-7-10(11)15)12(18)17-8-14(2,3)13(16)19/h5-7H,4,8,15H2,1-3H3,(H2,16,19)(H,17,18). The van der Waals surface area contributed by atoms with Crippen LogP contribution in [0.15, 0.2) is 18.2 Å². The molecule has 1 aromatic carbocycles. The van der Waals surface area contributed by atoms with E-state index in [0.717, 1.165) is 0 Å². The van der Waals surface area contributed by atoms with Gasteiger partial charge >= 0.3 is 0 Å². The Labute approximate surface area is 118 Å². The molecule has 0 aromatic heterocycles. The SMILES string of the molecule is CCOc1c(N)cccc1C(=O)NCC(C)(C)C(N)=O. The molecule has 0 radical (unpaired) electrons. The molecule has 2 amide bonds. The number of nitrogen functional groups attached to an aromatic ring is 1. The van der Waals surface area contributed by atoms with Gasteiger partial charge in [-0.3, -0.25) is 9.59 Å². The van der Waals surface area contributed by atoms with Gasteiger partial charge in [-0.05, 0) is 32.9 Å². The Bertz CT molecular complexity index is 512. The average Bonchev–Trinajstić information content (AvgIpc) is 2.38. The van der Waals surface area contributed by atoms with E-state index in [1.54, 1.807) is 32.0 Å². The summed E-state index contributed by atoms with van der Waals surface area (Å²) in [4.78, 5) is 23.4. The smallest absolute Gasteiger partial charge is 0.255 e. The predicted molar refractivity (Wildman–Crippen MR) is 77.3 cm³/mol. The van der Waals surface area contributed by atoms with Crippen molar-refractivity contribution in [3.63, 3.8) is 0 Å². The number of hydrogen-bond donors (Lipinski definition) is 3. The van der Waals surface area contributed by atoms with Gasteiger partial charge in [-0.15, -0.1) is 0 Å². The molecule has 0 aliphatic carbocycles. The maximum Gasteiger partial charge on any atom is 0.255 e. The highest BCUT2D eigenvalue weighted by Crippen LogP contribution is 2.26. The van der Waals surface area contributed by atoms with Gasteiger partial charge in [-0.1, -0.05) is 6.07 Å². The third-order valence-corrected chi connectivity index (χ3v) is 2.94. The number of hydrogen-bond acceptors (Lipinski definition) is 4. The molecule has 5 N–H and O–H groups in total. The van der Waals surface area contributed by atoms with Crippen molar-refractivity contribution >= 4 is 17.5 Å². The molecule has 6 heteroatoms. The second-order valence-electron chi connectivity index (χ2n) is 5.09. The number of carbonyl (C=O) groups excluding carboxylic acids is 2. The van der Waals surface area contributed by atoms with E-state index in [0.29, 0.717) is 23.6 Å². The Balaban J connectivity index is 2.88. The van der Waals surface area contributed by atoms with Crippen molar-refractivity contribution in [1.82, 2.24) is 5.32 Å². The quantitative estimate of drug-likeness (QED) is 0.672. The first-order valence-electron chi connectivity index (χ1n) is 6.39. The van der Waals surface area contributed by atoms with Crippen LogP contribution >= 0.6 is 0 Å². The summed E-state index contributed by atoms with van der Waals surface area (Å²) in [6.07, 6.45) is 0. The molecule has 0 spiro atoms. The van der Waals surface area contributed by atoms with E-state index in [1.165, 1.54) is 0 Å². The maximum atomic E-state index is 12.2. The van der Waals surface area contributed by atoms with Crippen LogP contribution in [0.5, 0.6) is 5.75 Å². The second kappa shape index (κ2) is 6.27. The number of nitrogens with one attached hydrogen (secondary N) is 1. The van der Waals surface area contributed by atoms with E-state index >= 15 is 0 Å². The van der Waals surface area contributed by atoms with Gasteiger partial charge in [0, 0.05) is 6.54 Å². The fraction of sp³-hybridized carbons (Fsp3) is 0.429. The number of anilines is 1. The highest BCUT2D eigenvalue weighted by Gasteiger charge is 2.26. The highest BCUT2D eigenvalue weighted by molar-refractivity contribution is 5.99. The number of nitrogens with two attached hydrogens (primary N) is 2. The van der Waals surface area contributed by atoms with E-state index in [9.17, 15) is 9.59 Å². The first-order chi connectivity index (χ1) is 9.29. The van der Waals surface area contributed by atoms with E-state index < -0.39 is 11.3 Å². The Morgan fingerprint density at radius 1 is 1.35 bits per heavy atom. The van der Waals surface area contributed by atoms with Gasteiger partial charge in [-0.25, -0.2) is 0 Å². The molecular formula is C14H21N3O3. The largest absolute Gasteiger partial charge is 0.491 e. The Morgan fingerprint density at radius 2 is 2.00 bits per heavy atom. The molecule has 20 heavy (non-hydrogen) atoms. The molecule has 0 bridgehead atoms. The first-order valence-corrected chi connectivity index (χ1v) is 6.39. The zero-order chi connectivity index (χ0) is 15.3. The molecule has 0 atom stereocenters. The number of carbonyl (C=O) groups is 2. The van der Waals surface area contributed by atoms with Crippen LogP contribution in [0, 0.1) is 5.41 Å². The molecular weight excluding hydrogens is 258 g/mol. The van der Waals surface area contributed by atoms with Crippen LogP contribution in [0.3, 0.4) is 0 Å². The molecule has 110 valence electrons. The fourth-order valence-corrected chi connectivity index (χ4v) is 1.52. The molecule has 0 saturated carbocycles. The summed E-state index contributed by atoms with van der Waals surface area (Å²) in [6, 6.07) is 4.95. The minimum absolute atomic E-state index is 0.140. The van der Waals surface area contributed by atoms with Crippen molar-refractivity contribution < 1.29 is 14.3 Å². The van der Waals surface area contributed by atoms with Crippen LogP contribution < -0.4 is 21.5 Å². The van der Waals surface area contributed by atoms with Gasteiger partial charge in [0.1, 0.15) is 0 Å². The maximum absolute atomic E-state index is 12.2. The van der Waals surface area contributed by atoms with Crippen molar-refractivity contribution in [2.24, 2.45) is 11.1 Å². The van der Waals surface area contributed by atoms with Crippen LogP contribution in [-0.4, -0.2) is 25.0 Å². The number of para-hydroxylation sites is 1. The fourth-order valence-electron chi connectivity index (χ4n) is 1.52. The van der Waals surface area contributed by atoms with Gasteiger partial charge in [0.25, 0.3) is 5.91 Å². The van der Waals surface area contributed by atoms with Crippen LogP contribution in [0.1, 0.15) is 31.1 Å². The third-order valence-electron chi connectivity index (χ3n) is 2.94. The zero-order valence-corrected chi connectivity index (χ0v) is 12.0. The lowest BCUT2D eigenvalue weighted by atomic mass is 9.92. The molecule has 0 aliphatic heterocycles. The first kappa shape index (κ1) is 15.8. The normalized spacial score (nSPS) is 10.9. The average molecular weight is 279 g/mol. The van der Waals surface area contributed by atoms with Gasteiger partial charge in [0.05, 0.1) is 23.3 Å². The third kappa shape index (κ3) is 3.63. The Hall–Kier alpha value is -2.24. The summed E-state index contributed by atoms with van der Waals surface area (Å²) < 4.78 is 5.39. The number of rotatable bonds is 6. The summed E-state index contributed by atoms with van der Waals surface area (Å²) >= 11 is 0. The van der Waals surface area contributed by atoms with Crippen LogP contribution in [0.2, 0.25) is 0 Å². The van der Waals surface area contributed by atoms with Crippen molar-refractivity contribution in [2.75, 3.05) is 18.9 Å². The summed E-state index contributed by atoms with van der Waals surface area (Å²) in [5.74, 6) is -0.477. The van der Waals surface area contributed by atoms with E-state index in [1.807, 2.05) is 6.92 Å². The predicted octanol–water partition coefficient (Wildman–Crippen LogP) is 0.909. The summed E-state index contributed by atoms with van der Waals surface area (Å²) in [5, 5.41) is 2.67. The van der Waals surface area contributed by atoms with Gasteiger partial charge < -0.3 is 21.5 Å².